The molecule has 0 aliphatic carbocycles. The molecule has 2 amide bonds. The van der Waals surface area contributed by atoms with Crippen LogP contribution in [0.4, 0.5) is 0 Å². The van der Waals surface area contributed by atoms with Gasteiger partial charge in [-0.25, -0.2) is 4.79 Å². The number of carbonyl (C=O) groups excluding carboxylic acids is 2. The molecule has 2 N–H and O–H groups in total. The molecule has 7 nitrogen and oxygen atoms in total. The Kier molecular flexibility index (Phi) is 8.59. The Bertz CT molecular complexity index is 697. The van der Waals surface area contributed by atoms with Crippen LogP contribution in [0.25, 0.3) is 0 Å². The Hall–Kier alpha value is -1.54. The fourth-order valence-electron chi connectivity index (χ4n) is 3.77. The van der Waals surface area contributed by atoms with Gasteiger partial charge in [0.1, 0.15) is 12.1 Å². The Labute approximate surface area is 185 Å². The number of nitrogens with zero attached hydrogens (tertiary/aromatic N) is 2. The summed E-state index contributed by atoms with van der Waals surface area (Å²) in [6.07, 6.45) is 1.61. The van der Waals surface area contributed by atoms with Gasteiger partial charge in [0.25, 0.3) is 0 Å². The van der Waals surface area contributed by atoms with Gasteiger partial charge in [-0.1, -0.05) is 40.7 Å². The lowest BCUT2D eigenvalue weighted by molar-refractivity contribution is -0.141. The van der Waals surface area contributed by atoms with Gasteiger partial charge in [0.2, 0.25) is 11.8 Å². The van der Waals surface area contributed by atoms with Crippen LogP contribution < -0.4 is 5.32 Å². The summed E-state index contributed by atoms with van der Waals surface area (Å²) in [5.74, 6) is -0.622. The van der Waals surface area contributed by atoms with Crippen LogP contribution in [0, 0.1) is 11.3 Å². The normalized spacial score (nSPS) is 22.0. The third-order valence-electron chi connectivity index (χ3n) is 5.62. The number of nitrogens with one attached hydrogen (secondary N) is 1. The third-order valence-corrected chi connectivity index (χ3v) is 7.13. The van der Waals surface area contributed by atoms with Crippen LogP contribution in [0.1, 0.15) is 55.4 Å². The quantitative estimate of drug-likeness (QED) is 0.591. The van der Waals surface area contributed by atoms with Gasteiger partial charge in [-0.2, -0.15) is 0 Å². The van der Waals surface area contributed by atoms with E-state index in [9.17, 15) is 19.5 Å². The van der Waals surface area contributed by atoms with E-state index >= 15 is 0 Å². The Morgan fingerprint density at radius 2 is 1.80 bits per heavy atom. The molecule has 30 heavy (non-hydrogen) atoms. The van der Waals surface area contributed by atoms with Gasteiger partial charge in [0.05, 0.1) is 6.04 Å². The van der Waals surface area contributed by atoms with E-state index in [4.69, 9.17) is 0 Å². The molecule has 8 heteroatoms. The maximum absolute atomic E-state index is 13.5. The summed E-state index contributed by atoms with van der Waals surface area (Å²) in [7, 11) is 3.59. The van der Waals surface area contributed by atoms with Crippen molar-refractivity contribution in [2.24, 2.45) is 11.3 Å². The Morgan fingerprint density at radius 1 is 1.27 bits per heavy atom. The number of amides is 2. The van der Waals surface area contributed by atoms with Crippen molar-refractivity contribution in [1.82, 2.24) is 15.1 Å². The second-order valence-electron chi connectivity index (χ2n) is 10.2. The fourth-order valence-corrected chi connectivity index (χ4v) is 4.90. The zero-order valence-electron chi connectivity index (χ0n) is 20.1. The van der Waals surface area contributed by atoms with Gasteiger partial charge in [0.15, 0.2) is 0 Å². The topological polar surface area (TPSA) is 90.0 Å². The van der Waals surface area contributed by atoms with Crippen LogP contribution >= 0.6 is 11.8 Å². The fraction of sp³-hybridized carbons (Fsp3) is 0.773. The van der Waals surface area contributed by atoms with Crippen molar-refractivity contribution in [3.8, 4) is 0 Å². The van der Waals surface area contributed by atoms with E-state index < -0.39 is 23.5 Å². The molecule has 172 valence electrons. The van der Waals surface area contributed by atoms with Gasteiger partial charge in [-0.3, -0.25) is 14.5 Å². The monoisotopic (exact) mass is 441 g/mol. The number of likely N-dealkylation sites (N-methyl/N-ethyl adjacent to an activating group) is 2. The predicted octanol–water partition coefficient (Wildman–Crippen LogP) is 2.81. The number of aliphatic carboxylic acids is 1. The van der Waals surface area contributed by atoms with Crippen LogP contribution in [0.5, 0.6) is 0 Å². The summed E-state index contributed by atoms with van der Waals surface area (Å²) < 4.78 is -0.252. The highest BCUT2D eigenvalue weighted by atomic mass is 32.2. The first-order chi connectivity index (χ1) is 13.5. The molecule has 0 bridgehead atoms. The molecule has 1 aliphatic rings. The average molecular weight is 442 g/mol. The second-order valence-corrected chi connectivity index (χ2v) is 11.8. The first kappa shape index (κ1) is 26.5. The molecule has 1 aliphatic heterocycles. The minimum atomic E-state index is -1.01. The summed E-state index contributed by atoms with van der Waals surface area (Å²) in [6, 6.07) is -1.46. The first-order valence-corrected chi connectivity index (χ1v) is 11.3. The van der Waals surface area contributed by atoms with Crippen molar-refractivity contribution < 1.29 is 19.5 Å². The Morgan fingerprint density at radius 3 is 2.17 bits per heavy atom. The van der Waals surface area contributed by atoms with E-state index in [0.717, 1.165) is 5.88 Å². The lowest BCUT2D eigenvalue weighted by Crippen LogP contribution is -2.60. The average Bonchev–Trinajstić information content (AvgIpc) is 2.87. The molecule has 1 rings (SSSR count). The number of carboxylic acids is 1. The molecule has 0 radical (unpaired) electrons. The summed E-state index contributed by atoms with van der Waals surface area (Å²) in [5, 5.41) is 12.3. The van der Waals surface area contributed by atoms with E-state index in [1.807, 2.05) is 60.4 Å². The van der Waals surface area contributed by atoms with E-state index in [1.54, 1.807) is 29.8 Å². The zero-order chi connectivity index (χ0) is 23.6. The molecule has 0 aromatic carbocycles. The molecule has 0 aromatic rings. The van der Waals surface area contributed by atoms with Crippen molar-refractivity contribution in [1.29, 1.82) is 0 Å². The van der Waals surface area contributed by atoms with Gasteiger partial charge >= 0.3 is 5.97 Å². The number of rotatable bonds is 7. The number of hydrogen-bond donors (Lipinski definition) is 2. The molecular formula is C22H39N3O4S. The molecule has 0 saturated carbocycles. The summed E-state index contributed by atoms with van der Waals surface area (Å²) >= 11 is 1.72. The first-order valence-electron chi connectivity index (χ1n) is 10.3. The largest absolute Gasteiger partial charge is 0.478 e. The lowest BCUT2D eigenvalue weighted by atomic mass is 9.84. The van der Waals surface area contributed by atoms with E-state index in [0.29, 0.717) is 0 Å². The molecule has 1 saturated heterocycles. The highest BCUT2D eigenvalue weighted by Crippen LogP contribution is 2.38. The van der Waals surface area contributed by atoms with Crippen molar-refractivity contribution in [3.05, 3.63) is 11.6 Å². The summed E-state index contributed by atoms with van der Waals surface area (Å²) in [6.45, 7) is 15.3. The molecule has 3 atom stereocenters. The van der Waals surface area contributed by atoms with Gasteiger partial charge in [-0.15, -0.1) is 11.8 Å². The minimum Gasteiger partial charge on any atom is -0.478 e. The standard InChI is InChI=1S/C22H39N3O4S/c1-13(2)15(11-14(3)20(28)29)25(10)19(27)16(21(4,5)6)23-18(26)17-22(7,8)30-12-24(17)9/h11,13,15-17H,12H2,1-10H3,(H,23,26)(H,28,29)/t15-,16+,17?/m1/s1. The lowest BCUT2D eigenvalue weighted by Gasteiger charge is -2.39. The number of hydrogen-bond acceptors (Lipinski definition) is 5. The van der Waals surface area contributed by atoms with E-state index in [1.165, 1.54) is 6.92 Å². The van der Waals surface area contributed by atoms with E-state index in [2.05, 4.69) is 5.32 Å². The van der Waals surface area contributed by atoms with Crippen LogP contribution in [-0.4, -0.2) is 75.5 Å². The molecule has 0 spiro atoms. The maximum atomic E-state index is 13.5. The molecule has 1 heterocycles. The summed E-state index contributed by atoms with van der Waals surface area (Å²) in [4.78, 5) is 41.6. The second kappa shape index (κ2) is 9.73. The van der Waals surface area contributed by atoms with Crippen LogP contribution in [0.3, 0.4) is 0 Å². The molecule has 1 fully saturated rings. The van der Waals surface area contributed by atoms with E-state index in [-0.39, 0.29) is 34.1 Å². The smallest absolute Gasteiger partial charge is 0.331 e. The SMILES string of the molecule is CC(=C[C@H](C(C)C)N(C)C(=O)[C@H](NC(=O)C1N(C)CSC1(C)C)C(C)(C)C)C(=O)O. The maximum Gasteiger partial charge on any atom is 0.331 e. The highest BCUT2D eigenvalue weighted by Gasteiger charge is 2.46. The van der Waals surface area contributed by atoms with Crippen LogP contribution in [-0.2, 0) is 14.4 Å². The number of carbonyl (C=O) groups is 3. The number of thioether (sulfide) groups is 1. The molecular weight excluding hydrogens is 402 g/mol. The molecule has 0 aromatic heterocycles. The van der Waals surface area contributed by atoms with Gasteiger partial charge in [0, 0.05) is 23.2 Å². The van der Waals surface area contributed by atoms with Gasteiger partial charge in [-0.05, 0) is 39.2 Å². The highest BCUT2D eigenvalue weighted by molar-refractivity contribution is 8.00. The number of carboxylic acid groups (broad SMARTS) is 1. The predicted molar refractivity (Wildman–Crippen MR) is 122 cm³/mol. The minimum absolute atomic E-state index is 0.0147. The Balaban J connectivity index is 3.19. The van der Waals surface area contributed by atoms with Crippen molar-refractivity contribution in [3.63, 3.8) is 0 Å². The van der Waals surface area contributed by atoms with Crippen LogP contribution in [0.15, 0.2) is 11.6 Å². The van der Waals surface area contributed by atoms with Crippen molar-refractivity contribution in [2.75, 3.05) is 20.0 Å². The zero-order valence-corrected chi connectivity index (χ0v) is 20.9. The molecule has 1 unspecified atom stereocenters. The van der Waals surface area contributed by atoms with Crippen molar-refractivity contribution >= 4 is 29.5 Å². The third kappa shape index (κ3) is 6.23. The van der Waals surface area contributed by atoms with Gasteiger partial charge < -0.3 is 15.3 Å². The summed E-state index contributed by atoms with van der Waals surface area (Å²) in [5.41, 5.74) is -0.321. The van der Waals surface area contributed by atoms with Crippen molar-refractivity contribution in [2.45, 2.75) is 78.3 Å². The van der Waals surface area contributed by atoms with Crippen LogP contribution in [0.2, 0.25) is 0 Å².